The molecule has 0 bridgehead atoms. The molecule has 2 rings (SSSR count). The van der Waals surface area contributed by atoms with E-state index in [-0.39, 0.29) is 17.2 Å². The summed E-state index contributed by atoms with van der Waals surface area (Å²) >= 11 is 0. The molecule has 0 aliphatic carbocycles. The van der Waals surface area contributed by atoms with Gasteiger partial charge in [-0.2, -0.15) is 0 Å². The van der Waals surface area contributed by atoms with Crippen LogP contribution in [0.15, 0.2) is 36.8 Å². The molecule has 2 aromatic rings. The van der Waals surface area contributed by atoms with Crippen LogP contribution < -0.4 is 10.6 Å². The lowest BCUT2D eigenvalue weighted by Crippen LogP contribution is -2.35. The predicted molar refractivity (Wildman–Crippen MR) is 82.4 cm³/mol. The molecule has 0 aliphatic rings. The third-order valence-electron chi connectivity index (χ3n) is 2.99. The molecular formula is C16H21FN4. The van der Waals surface area contributed by atoms with E-state index in [1.54, 1.807) is 24.7 Å². The maximum atomic E-state index is 14.4. The summed E-state index contributed by atoms with van der Waals surface area (Å²) in [6.45, 7) is 7.14. The molecule has 0 aliphatic heterocycles. The molecule has 4 nitrogen and oxygen atoms in total. The molecule has 0 aromatic carbocycles. The van der Waals surface area contributed by atoms with Gasteiger partial charge in [0.25, 0.3) is 0 Å². The summed E-state index contributed by atoms with van der Waals surface area (Å²) in [5.41, 5.74) is 1.59. The van der Waals surface area contributed by atoms with Crippen molar-refractivity contribution in [2.75, 3.05) is 5.32 Å². The highest BCUT2D eigenvalue weighted by molar-refractivity contribution is 5.40. The lowest BCUT2D eigenvalue weighted by molar-refractivity contribution is 0.418. The molecule has 0 spiro atoms. The van der Waals surface area contributed by atoms with Gasteiger partial charge in [0.05, 0.1) is 0 Å². The van der Waals surface area contributed by atoms with Crippen molar-refractivity contribution in [1.82, 2.24) is 15.3 Å². The first-order valence-electron chi connectivity index (χ1n) is 6.97. The Kier molecular flexibility index (Phi) is 4.85. The fraction of sp³-hybridized carbons (Fsp3) is 0.375. The van der Waals surface area contributed by atoms with E-state index < -0.39 is 0 Å². The maximum absolute atomic E-state index is 14.4. The van der Waals surface area contributed by atoms with Crippen molar-refractivity contribution in [1.29, 1.82) is 0 Å². The van der Waals surface area contributed by atoms with Crippen molar-refractivity contribution in [3.05, 3.63) is 53.7 Å². The molecule has 2 N–H and O–H groups in total. The molecule has 0 saturated carbocycles. The van der Waals surface area contributed by atoms with Crippen LogP contribution in [0.2, 0.25) is 0 Å². The van der Waals surface area contributed by atoms with Crippen LogP contribution in [-0.2, 0) is 13.1 Å². The SMILES string of the molecule is CC(C)(C)NCc1ccnc(NCc2ccncc2)c1F. The van der Waals surface area contributed by atoms with Gasteiger partial charge in [-0.1, -0.05) is 0 Å². The third kappa shape index (κ3) is 4.79. The van der Waals surface area contributed by atoms with E-state index >= 15 is 0 Å². The second-order valence-corrected chi connectivity index (χ2v) is 5.95. The van der Waals surface area contributed by atoms with Crippen molar-refractivity contribution in [3.63, 3.8) is 0 Å². The zero-order chi connectivity index (χ0) is 15.3. The maximum Gasteiger partial charge on any atom is 0.169 e. The lowest BCUT2D eigenvalue weighted by Gasteiger charge is -2.21. The molecule has 5 heteroatoms. The molecule has 21 heavy (non-hydrogen) atoms. The number of anilines is 1. The molecule has 0 saturated heterocycles. The zero-order valence-corrected chi connectivity index (χ0v) is 12.7. The van der Waals surface area contributed by atoms with Crippen molar-refractivity contribution in [2.45, 2.75) is 39.4 Å². The fourth-order valence-corrected chi connectivity index (χ4v) is 1.79. The van der Waals surface area contributed by atoms with E-state index in [0.29, 0.717) is 18.7 Å². The average molecular weight is 288 g/mol. The Bertz CT molecular complexity index is 579. The van der Waals surface area contributed by atoms with E-state index in [4.69, 9.17) is 0 Å². The van der Waals surface area contributed by atoms with Gasteiger partial charge in [0.15, 0.2) is 11.6 Å². The van der Waals surface area contributed by atoms with Crippen LogP contribution in [0.3, 0.4) is 0 Å². The van der Waals surface area contributed by atoms with E-state index in [1.165, 1.54) is 0 Å². The van der Waals surface area contributed by atoms with Crippen LogP contribution in [0.1, 0.15) is 31.9 Å². The fourth-order valence-electron chi connectivity index (χ4n) is 1.79. The Balaban J connectivity index is 2.03. The molecule has 0 radical (unpaired) electrons. The van der Waals surface area contributed by atoms with Gasteiger partial charge >= 0.3 is 0 Å². The summed E-state index contributed by atoms with van der Waals surface area (Å²) in [6, 6.07) is 5.47. The zero-order valence-electron chi connectivity index (χ0n) is 12.7. The van der Waals surface area contributed by atoms with Crippen LogP contribution in [0.4, 0.5) is 10.2 Å². The van der Waals surface area contributed by atoms with Gasteiger partial charge in [0.2, 0.25) is 0 Å². The summed E-state index contributed by atoms with van der Waals surface area (Å²) in [5, 5.41) is 6.30. The Hall–Kier alpha value is -2.01. The summed E-state index contributed by atoms with van der Waals surface area (Å²) < 4.78 is 14.4. The third-order valence-corrected chi connectivity index (χ3v) is 2.99. The summed E-state index contributed by atoms with van der Waals surface area (Å²) in [5.74, 6) is -0.0247. The number of nitrogens with zero attached hydrogens (tertiary/aromatic N) is 2. The predicted octanol–water partition coefficient (Wildman–Crippen LogP) is 3.12. The molecule has 0 unspecified atom stereocenters. The number of halogens is 1. The van der Waals surface area contributed by atoms with Crippen molar-refractivity contribution in [2.24, 2.45) is 0 Å². The number of pyridine rings is 2. The smallest absolute Gasteiger partial charge is 0.169 e. The molecule has 2 aromatic heterocycles. The first-order valence-corrected chi connectivity index (χ1v) is 6.97. The van der Waals surface area contributed by atoms with Crippen molar-refractivity contribution < 1.29 is 4.39 Å². The Morgan fingerprint density at radius 1 is 1.05 bits per heavy atom. The minimum absolute atomic E-state index is 0.0552. The van der Waals surface area contributed by atoms with Gasteiger partial charge in [-0.3, -0.25) is 4.98 Å². The van der Waals surface area contributed by atoms with Crippen molar-refractivity contribution in [3.8, 4) is 0 Å². The molecule has 2 heterocycles. The van der Waals surface area contributed by atoms with E-state index in [1.807, 2.05) is 12.1 Å². The minimum Gasteiger partial charge on any atom is -0.364 e. The number of hydrogen-bond donors (Lipinski definition) is 2. The van der Waals surface area contributed by atoms with Gasteiger partial charge in [0.1, 0.15) is 0 Å². The Labute approximate surface area is 124 Å². The molecular weight excluding hydrogens is 267 g/mol. The van der Waals surface area contributed by atoms with Crippen LogP contribution in [0.25, 0.3) is 0 Å². The average Bonchev–Trinajstić information content (AvgIpc) is 2.45. The van der Waals surface area contributed by atoms with Crippen LogP contribution in [-0.4, -0.2) is 15.5 Å². The first-order chi connectivity index (χ1) is 9.96. The van der Waals surface area contributed by atoms with Crippen LogP contribution >= 0.6 is 0 Å². The summed E-state index contributed by atoms with van der Waals surface area (Å²) in [4.78, 5) is 8.02. The highest BCUT2D eigenvalue weighted by Gasteiger charge is 2.13. The lowest BCUT2D eigenvalue weighted by atomic mass is 10.1. The summed E-state index contributed by atoms with van der Waals surface area (Å²) in [6.07, 6.45) is 5.05. The van der Waals surface area contributed by atoms with Crippen LogP contribution in [0, 0.1) is 5.82 Å². The highest BCUT2D eigenvalue weighted by atomic mass is 19.1. The molecule has 0 atom stereocenters. The van der Waals surface area contributed by atoms with Gasteiger partial charge in [-0.15, -0.1) is 0 Å². The minimum atomic E-state index is -0.302. The molecule has 0 amide bonds. The molecule has 0 fully saturated rings. The molecule has 112 valence electrons. The largest absolute Gasteiger partial charge is 0.364 e. The van der Waals surface area contributed by atoms with Gasteiger partial charge in [-0.25, -0.2) is 9.37 Å². The quantitative estimate of drug-likeness (QED) is 0.887. The number of rotatable bonds is 5. The summed E-state index contributed by atoms with van der Waals surface area (Å²) in [7, 11) is 0. The van der Waals surface area contributed by atoms with Crippen LogP contribution in [0.5, 0.6) is 0 Å². The monoisotopic (exact) mass is 288 g/mol. The number of hydrogen-bond acceptors (Lipinski definition) is 4. The Morgan fingerprint density at radius 2 is 1.76 bits per heavy atom. The van der Waals surface area contributed by atoms with E-state index in [2.05, 4.69) is 41.4 Å². The van der Waals surface area contributed by atoms with E-state index in [0.717, 1.165) is 5.56 Å². The topological polar surface area (TPSA) is 49.8 Å². The highest BCUT2D eigenvalue weighted by Crippen LogP contribution is 2.16. The first kappa shape index (κ1) is 15.4. The van der Waals surface area contributed by atoms with Crippen molar-refractivity contribution >= 4 is 5.82 Å². The number of nitrogens with one attached hydrogen (secondary N) is 2. The van der Waals surface area contributed by atoms with E-state index in [9.17, 15) is 4.39 Å². The Morgan fingerprint density at radius 3 is 2.43 bits per heavy atom. The second-order valence-electron chi connectivity index (χ2n) is 5.95. The normalized spacial score (nSPS) is 11.4. The number of aromatic nitrogens is 2. The van der Waals surface area contributed by atoms with Gasteiger partial charge in [0, 0.05) is 42.8 Å². The second kappa shape index (κ2) is 6.63. The standard InChI is InChI=1S/C16H21FN4/c1-16(2,3)21-11-13-6-9-19-15(14(13)17)20-10-12-4-7-18-8-5-12/h4-9,21H,10-11H2,1-3H3,(H,19,20). The van der Waals surface area contributed by atoms with Gasteiger partial charge < -0.3 is 10.6 Å². The van der Waals surface area contributed by atoms with Gasteiger partial charge in [-0.05, 0) is 44.5 Å².